The van der Waals surface area contributed by atoms with E-state index in [0.29, 0.717) is 12.5 Å². The smallest absolute Gasteiger partial charge is 0.224 e. The molecule has 0 atom stereocenters. The molecule has 2 heterocycles. The van der Waals surface area contributed by atoms with E-state index in [-0.39, 0.29) is 5.28 Å². The molecule has 0 radical (unpaired) electrons. The zero-order valence-electron chi connectivity index (χ0n) is 9.83. The van der Waals surface area contributed by atoms with Crippen LogP contribution < -0.4 is 5.32 Å². The Hall–Kier alpha value is -1.13. The maximum absolute atomic E-state index is 5.95. The predicted molar refractivity (Wildman–Crippen MR) is 75.2 cm³/mol. The number of aromatic nitrogens is 2. The monoisotopic (exact) mass is 267 g/mol. The molecule has 17 heavy (non-hydrogen) atoms. The molecular weight excluding hydrogens is 254 g/mol. The molecule has 0 amide bonds. The molecule has 0 aliphatic carbocycles. The van der Waals surface area contributed by atoms with Gasteiger partial charge in [-0.15, -0.1) is 17.9 Å². The van der Waals surface area contributed by atoms with Gasteiger partial charge < -0.3 is 5.32 Å². The fraction of sp³-hybridized carbons (Fsp3) is 0.333. The van der Waals surface area contributed by atoms with Crippen molar-refractivity contribution in [1.82, 2.24) is 9.97 Å². The maximum Gasteiger partial charge on any atom is 0.224 e. The highest BCUT2D eigenvalue weighted by Gasteiger charge is 2.14. The fourth-order valence-electron chi connectivity index (χ4n) is 1.61. The summed E-state index contributed by atoms with van der Waals surface area (Å²) in [4.78, 5) is 8.54. The number of anilines is 1. The maximum atomic E-state index is 5.95. The van der Waals surface area contributed by atoms with Gasteiger partial charge in [-0.1, -0.05) is 19.9 Å². The molecule has 2 aromatic heterocycles. The second kappa shape index (κ2) is 5.02. The van der Waals surface area contributed by atoms with Gasteiger partial charge in [0, 0.05) is 6.54 Å². The van der Waals surface area contributed by atoms with Crippen LogP contribution >= 0.6 is 22.9 Å². The van der Waals surface area contributed by atoms with Gasteiger partial charge in [-0.05, 0) is 28.5 Å². The number of hydrogen-bond donors (Lipinski definition) is 1. The number of thiophene rings is 1. The van der Waals surface area contributed by atoms with Crippen molar-refractivity contribution < 1.29 is 0 Å². The molecule has 1 N–H and O–H groups in total. The van der Waals surface area contributed by atoms with E-state index in [4.69, 9.17) is 11.6 Å². The summed E-state index contributed by atoms with van der Waals surface area (Å²) in [6.45, 7) is 8.63. The number of fused-ring (bicyclic) bond motifs is 1. The second-order valence-electron chi connectivity index (χ2n) is 4.03. The van der Waals surface area contributed by atoms with Gasteiger partial charge in [-0.25, -0.2) is 4.98 Å². The molecule has 90 valence electrons. The molecule has 2 aromatic rings. The first-order valence-electron chi connectivity index (χ1n) is 5.43. The molecule has 2 rings (SSSR count). The zero-order valence-corrected chi connectivity index (χ0v) is 11.4. The molecule has 0 aliphatic heterocycles. The largest absolute Gasteiger partial charge is 0.365 e. The lowest BCUT2D eigenvalue weighted by Crippen LogP contribution is -2.01. The third kappa shape index (κ3) is 2.42. The molecule has 3 nitrogen and oxygen atoms in total. The van der Waals surface area contributed by atoms with Gasteiger partial charge in [-0.2, -0.15) is 4.98 Å². The molecule has 0 fully saturated rings. The van der Waals surface area contributed by atoms with E-state index in [1.165, 1.54) is 5.56 Å². The summed E-state index contributed by atoms with van der Waals surface area (Å²) in [7, 11) is 0. The fourth-order valence-corrected chi connectivity index (χ4v) is 2.91. The summed E-state index contributed by atoms with van der Waals surface area (Å²) in [6, 6.07) is 0. The third-order valence-corrected chi connectivity index (χ3v) is 3.61. The van der Waals surface area contributed by atoms with Gasteiger partial charge in [0.05, 0.1) is 10.2 Å². The van der Waals surface area contributed by atoms with Crippen molar-refractivity contribution in [2.45, 2.75) is 19.8 Å². The van der Waals surface area contributed by atoms with E-state index in [1.54, 1.807) is 17.4 Å². The van der Waals surface area contributed by atoms with Crippen LogP contribution in [0.15, 0.2) is 18.0 Å². The average Bonchev–Trinajstić information content (AvgIpc) is 2.69. The van der Waals surface area contributed by atoms with Crippen molar-refractivity contribution in [3.63, 3.8) is 0 Å². The van der Waals surface area contributed by atoms with Crippen LogP contribution in [0.3, 0.4) is 0 Å². The van der Waals surface area contributed by atoms with E-state index in [2.05, 4.69) is 41.1 Å². The van der Waals surface area contributed by atoms with Gasteiger partial charge in [0.25, 0.3) is 0 Å². The first-order valence-corrected chi connectivity index (χ1v) is 6.68. The van der Waals surface area contributed by atoms with Crippen LogP contribution in [0.2, 0.25) is 5.28 Å². The Kier molecular flexibility index (Phi) is 3.64. The predicted octanol–water partition coefficient (Wildman–Crippen LogP) is 4.07. The molecule has 0 unspecified atom stereocenters. The lowest BCUT2D eigenvalue weighted by atomic mass is 10.1. The SMILES string of the molecule is C=CCNc1nc(Cl)nc2c(C(C)C)csc12. The average molecular weight is 268 g/mol. The van der Waals surface area contributed by atoms with Crippen molar-refractivity contribution in [1.29, 1.82) is 0 Å². The molecule has 0 aromatic carbocycles. The molecule has 0 saturated heterocycles. The van der Waals surface area contributed by atoms with Crippen LogP contribution in [0.25, 0.3) is 10.2 Å². The highest BCUT2D eigenvalue weighted by atomic mass is 35.5. The van der Waals surface area contributed by atoms with Gasteiger partial charge in [0.2, 0.25) is 5.28 Å². The number of nitrogens with zero attached hydrogens (tertiary/aromatic N) is 2. The topological polar surface area (TPSA) is 37.8 Å². The third-order valence-electron chi connectivity index (χ3n) is 2.45. The highest BCUT2D eigenvalue weighted by Crippen LogP contribution is 2.34. The Labute approximate surface area is 110 Å². The van der Waals surface area contributed by atoms with Crippen molar-refractivity contribution in [3.05, 3.63) is 28.9 Å². The molecule has 0 aliphatic rings. The van der Waals surface area contributed by atoms with Gasteiger partial charge in [-0.3, -0.25) is 0 Å². The molecule has 0 saturated carbocycles. The van der Waals surface area contributed by atoms with Gasteiger partial charge in [0.15, 0.2) is 0 Å². The number of hydrogen-bond acceptors (Lipinski definition) is 4. The van der Waals surface area contributed by atoms with Crippen LogP contribution in [0.5, 0.6) is 0 Å². The minimum absolute atomic E-state index is 0.282. The Morgan fingerprint density at radius 3 is 2.94 bits per heavy atom. The molecule has 5 heteroatoms. The Morgan fingerprint density at radius 1 is 1.53 bits per heavy atom. The van der Waals surface area contributed by atoms with E-state index in [9.17, 15) is 0 Å². The van der Waals surface area contributed by atoms with E-state index in [1.807, 2.05) is 0 Å². The summed E-state index contributed by atoms with van der Waals surface area (Å²) in [5.41, 5.74) is 2.17. The van der Waals surface area contributed by atoms with Crippen molar-refractivity contribution in [2.75, 3.05) is 11.9 Å². The van der Waals surface area contributed by atoms with Crippen molar-refractivity contribution >= 4 is 39.0 Å². The minimum Gasteiger partial charge on any atom is -0.365 e. The first-order chi connectivity index (χ1) is 8.13. The van der Waals surface area contributed by atoms with Crippen LogP contribution in [-0.4, -0.2) is 16.5 Å². The summed E-state index contributed by atoms with van der Waals surface area (Å²) in [5.74, 6) is 1.22. The lowest BCUT2D eigenvalue weighted by molar-refractivity contribution is 0.876. The number of halogens is 1. The van der Waals surface area contributed by atoms with Crippen molar-refractivity contribution in [2.24, 2.45) is 0 Å². The summed E-state index contributed by atoms with van der Waals surface area (Å²) >= 11 is 7.60. The standard InChI is InChI=1S/C12H14ClN3S/c1-4-5-14-11-10-9(15-12(13)16-11)8(6-17-10)7(2)3/h4,6-7H,1,5H2,2-3H3,(H,14,15,16). The summed E-state index contributed by atoms with van der Waals surface area (Å²) in [5, 5.41) is 5.59. The van der Waals surface area contributed by atoms with Crippen LogP contribution in [0.4, 0.5) is 5.82 Å². The van der Waals surface area contributed by atoms with Gasteiger partial charge in [0.1, 0.15) is 5.82 Å². The summed E-state index contributed by atoms with van der Waals surface area (Å²) in [6.07, 6.45) is 1.79. The molecule has 0 spiro atoms. The second-order valence-corrected chi connectivity index (χ2v) is 5.25. The Bertz CT molecular complexity index is 548. The highest BCUT2D eigenvalue weighted by molar-refractivity contribution is 7.18. The zero-order chi connectivity index (χ0) is 12.4. The molecular formula is C12H14ClN3S. The van der Waals surface area contributed by atoms with E-state index < -0.39 is 0 Å². The quantitative estimate of drug-likeness (QED) is 0.670. The van der Waals surface area contributed by atoms with Crippen LogP contribution in [0.1, 0.15) is 25.3 Å². The molecule has 0 bridgehead atoms. The van der Waals surface area contributed by atoms with Crippen LogP contribution in [-0.2, 0) is 0 Å². The lowest BCUT2D eigenvalue weighted by Gasteiger charge is -2.06. The van der Waals surface area contributed by atoms with E-state index in [0.717, 1.165) is 16.0 Å². The summed E-state index contributed by atoms with van der Waals surface area (Å²) < 4.78 is 1.06. The minimum atomic E-state index is 0.282. The van der Waals surface area contributed by atoms with E-state index >= 15 is 0 Å². The first kappa shape index (κ1) is 12.3. The Balaban J connectivity index is 2.57. The van der Waals surface area contributed by atoms with Crippen molar-refractivity contribution in [3.8, 4) is 0 Å². The van der Waals surface area contributed by atoms with Crippen LogP contribution in [0, 0.1) is 0 Å². The number of nitrogens with one attached hydrogen (secondary N) is 1. The van der Waals surface area contributed by atoms with Gasteiger partial charge >= 0.3 is 0 Å². The Morgan fingerprint density at radius 2 is 2.29 bits per heavy atom. The number of rotatable bonds is 4. The normalized spacial score (nSPS) is 11.1.